The van der Waals surface area contributed by atoms with Crippen LogP contribution in [0, 0.1) is 5.82 Å². The summed E-state index contributed by atoms with van der Waals surface area (Å²) in [6.07, 6.45) is 1.12. The molecule has 2 aromatic rings. The van der Waals surface area contributed by atoms with Crippen molar-refractivity contribution in [1.29, 1.82) is 0 Å². The lowest BCUT2D eigenvalue weighted by Gasteiger charge is -1.98. The van der Waals surface area contributed by atoms with Crippen molar-refractivity contribution in [2.24, 2.45) is 0 Å². The molecular weight excluding hydrogens is 235 g/mol. The normalized spacial score (nSPS) is 10.7. The number of aromatic nitrogens is 1. The second kappa shape index (κ2) is 5.89. The first-order valence-electron chi connectivity index (χ1n) is 5.70. The zero-order valence-electron chi connectivity index (χ0n) is 9.74. The summed E-state index contributed by atoms with van der Waals surface area (Å²) in [5, 5.41) is 6.39. The Hall–Kier alpha value is -1.26. The third-order valence-electron chi connectivity index (χ3n) is 2.39. The van der Waals surface area contributed by atoms with Gasteiger partial charge in [-0.2, -0.15) is 0 Å². The van der Waals surface area contributed by atoms with E-state index >= 15 is 0 Å². The molecule has 0 unspecified atom stereocenters. The molecule has 1 aromatic heterocycles. The molecule has 90 valence electrons. The molecule has 1 aromatic carbocycles. The fourth-order valence-corrected chi connectivity index (χ4v) is 2.29. The van der Waals surface area contributed by atoms with E-state index < -0.39 is 0 Å². The smallest absolute Gasteiger partial charge is 0.123 e. The molecule has 0 radical (unpaired) electrons. The van der Waals surface area contributed by atoms with E-state index in [1.807, 2.05) is 5.38 Å². The van der Waals surface area contributed by atoms with Crippen molar-refractivity contribution in [3.63, 3.8) is 0 Å². The zero-order chi connectivity index (χ0) is 12.1. The van der Waals surface area contributed by atoms with Gasteiger partial charge in [0, 0.05) is 17.5 Å². The van der Waals surface area contributed by atoms with E-state index in [-0.39, 0.29) is 5.82 Å². The van der Waals surface area contributed by atoms with Gasteiger partial charge in [-0.3, -0.25) is 0 Å². The van der Waals surface area contributed by atoms with Crippen molar-refractivity contribution < 1.29 is 4.39 Å². The molecule has 0 fully saturated rings. The highest BCUT2D eigenvalue weighted by atomic mass is 32.1. The Morgan fingerprint density at radius 2 is 2.06 bits per heavy atom. The molecule has 0 amide bonds. The van der Waals surface area contributed by atoms with Crippen molar-refractivity contribution in [3.05, 3.63) is 40.5 Å². The molecule has 1 heterocycles. The van der Waals surface area contributed by atoms with Crippen molar-refractivity contribution in [3.8, 4) is 11.3 Å². The van der Waals surface area contributed by atoms with Gasteiger partial charge in [0.15, 0.2) is 0 Å². The van der Waals surface area contributed by atoms with Crippen LogP contribution < -0.4 is 5.32 Å². The van der Waals surface area contributed by atoms with Gasteiger partial charge in [-0.05, 0) is 37.2 Å². The maximum absolute atomic E-state index is 12.8. The average molecular weight is 250 g/mol. The molecule has 4 heteroatoms. The highest BCUT2D eigenvalue weighted by molar-refractivity contribution is 7.09. The first-order chi connectivity index (χ1) is 8.29. The van der Waals surface area contributed by atoms with Crippen molar-refractivity contribution in [1.82, 2.24) is 10.3 Å². The predicted octanol–water partition coefficient (Wildman–Crippen LogP) is 3.45. The molecule has 0 spiro atoms. The van der Waals surface area contributed by atoms with Crippen LogP contribution in [0.4, 0.5) is 4.39 Å². The van der Waals surface area contributed by atoms with Gasteiger partial charge in [0.2, 0.25) is 0 Å². The number of hydrogen-bond donors (Lipinski definition) is 1. The SMILES string of the molecule is CCCNCc1nc(-c2ccc(F)cc2)cs1. The van der Waals surface area contributed by atoms with Crippen LogP contribution in [0.1, 0.15) is 18.4 Å². The zero-order valence-corrected chi connectivity index (χ0v) is 10.6. The Kier molecular flexibility index (Phi) is 4.23. The summed E-state index contributed by atoms with van der Waals surface area (Å²) >= 11 is 1.63. The molecule has 2 nitrogen and oxygen atoms in total. The Bertz CT molecular complexity index is 465. The second-order valence-corrected chi connectivity index (χ2v) is 4.75. The molecule has 1 N–H and O–H groups in total. The molecule has 0 saturated carbocycles. The Morgan fingerprint density at radius 3 is 2.76 bits per heavy atom. The maximum atomic E-state index is 12.8. The highest BCUT2D eigenvalue weighted by Gasteiger charge is 2.04. The van der Waals surface area contributed by atoms with Gasteiger partial charge in [-0.15, -0.1) is 11.3 Å². The van der Waals surface area contributed by atoms with E-state index in [1.54, 1.807) is 23.5 Å². The number of nitrogens with zero attached hydrogens (tertiary/aromatic N) is 1. The van der Waals surface area contributed by atoms with Crippen molar-refractivity contribution >= 4 is 11.3 Å². The standard InChI is InChI=1S/C13H15FN2S/c1-2-7-15-8-13-16-12(9-17-13)10-3-5-11(14)6-4-10/h3-6,9,15H,2,7-8H2,1H3. The molecule has 17 heavy (non-hydrogen) atoms. The number of benzene rings is 1. The van der Waals surface area contributed by atoms with Gasteiger partial charge in [0.1, 0.15) is 10.8 Å². The lowest BCUT2D eigenvalue weighted by atomic mass is 10.2. The lowest BCUT2D eigenvalue weighted by Crippen LogP contribution is -2.13. The van der Waals surface area contributed by atoms with Crippen LogP contribution in [0.3, 0.4) is 0 Å². The summed E-state index contributed by atoms with van der Waals surface area (Å²) in [5.41, 5.74) is 1.88. The van der Waals surface area contributed by atoms with E-state index in [2.05, 4.69) is 17.2 Å². The summed E-state index contributed by atoms with van der Waals surface area (Å²) in [6.45, 7) is 3.95. The number of thiazole rings is 1. The minimum Gasteiger partial charge on any atom is -0.310 e. The third-order valence-corrected chi connectivity index (χ3v) is 3.24. The average Bonchev–Trinajstić information content (AvgIpc) is 2.79. The first-order valence-corrected chi connectivity index (χ1v) is 6.58. The molecule has 2 rings (SSSR count). The Labute approximate surface area is 105 Å². The molecule has 0 saturated heterocycles. The van der Waals surface area contributed by atoms with E-state index in [1.165, 1.54) is 12.1 Å². The molecule has 0 atom stereocenters. The van der Waals surface area contributed by atoms with E-state index in [4.69, 9.17) is 0 Å². The second-order valence-electron chi connectivity index (χ2n) is 3.81. The Balaban J connectivity index is 2.04. The topological polar surface area (TPSA) is 24.9 Å². The van der Waals surface area contributed by atoms with Crippen LogP contribution in [-0.2, 0) is 6.54 Å². The molecular formula is C13H15FN2S. The van der Waals surface area contributed by atoms with Crippen LogP contribution in [-0.4, -0.2) is 11.5 Å². The van der Waals surface area contributed by atoms with Gasteiger partial charge in [0.25, 0.3) is 0 Å². The van der Waals surface area contributed by atoms with Gasteiger partial charge >= 0.3 is 0 Å². The third kappa shape index (κ3) is 3.35. The van der Waals surface area contributed by atoms with Gasteiger partial charge in [0.05, 0.1) is 5.69 Å². The van der Waals surface area contributed by atoms with E-state index in [0.717, 1.165) is 35.8 Å². The maximum Gasteiger partial charge on any atom is 0.123 e. The predicted molar refractivity (Wildman–Crippen MR) is 69.5 cm³/mol. The molecule has 0 aliphatic heterocycles. The fraction of sp³-hybridized carbons (Fsp3) is 0.308. The highest BCUT2D eigenvalue weighted by Crippen LogP contribution is 2.21. The number of rotatable bonds is 5. The van der Waals surface area contributed by atoms with Crippen molar-refractivity contribution in [2.75, 3.05) is 6.54 Å². The molecule has 0 aliphatic carbocycles. The van der Waals surface area contributed by atoms with Crippen LogP contribution >= 0.6 is 11.3 Å². The minimum absolute atomic E-state index is 0.214. The fourth-order valence-electron chi connectivity index (χ4n) is 1.52. The summed E-state index contributed by atoms with van der Waals surface area (Å²) in [7, 11) is 0. The van der Waals surface area contributed by atoms with E-state index in [0.29, 0.717) is 0 Å². The monoisotopic (exact) mass is 250 g/mol. The van der Waals surface area contributed by atoms with Gasteiger partial charge < -0.3 is 5.32 Å². The molecule has 0 aliphatic rings. The summed E-state index contributed by atoms with van der Waals surface area (Å²) in [5.74, 6) is -0.214. The number of halogens is 1. The Morgan fingerprint density at radius 1 is 1.29 bits per heavy atom. The van der Waals surface area contributed by atoms with Crippen LogP contribution in [0.15, 0.2) is 29.6 Å². The quantitative estimate of drug-likeness (QED) is 0.822. The van der Waals surface area contributed by atoms with Gasteiger partial charge in [-0.1, -0.05) is 6.92 Å². The summed E-state index contributed by atoms with van der Waals surface area (Å²) in [6, 6.07) is 6.44. The van der Waals surface area contributed by atoms with Crippen molar-refractivity contribution in [2.45, 2.75) is 19.9 Å². The summed E-state index contributed by atoms with van der Waals surface area (Å²) in [4.78, 5) is 4.52. The minimum atomic E-state index is -0.214. The van der Waals surface area contributed by atoms with E-state index in [9.17, 15) is 4.39 Å². The van der Waals surface area contributed by atoms with Gasteiger partial charge in [-0.25, -0.2) is 9.37 Å². The first kappa shape index (κ1) is 12.2. The largest absolute Gasteiger partial charge is 0.310 e. The summed E-state index contributed by atoms with van der Waals surface area (Å²) < 4.78 is 12.8. The lowest BCUT2D eigenvalue weighted by molar-refractivity contribution is 0.628. The van der Waals surface area contributed by atoms with Crippen LogP contribution in [0.25, 0.3) is 11.3 Å². The molecule has 0 bridgehead atoms. The number of nitrogens with one attached hydrogen (secondary N) is 1. The number of hydrogen-bond acceptors (Lipinski definition) is 3. The van der Waals surface area contributed by atoms with Crippen LogP contribution in [0.5, 0.6) is 0 Å². The van der Waals surface area contributed by atoms with Crippen LogP contribution in [0.2, 0.25) is 0 Å².